The van der Waals surface area contributed by atoms with E-state index >= 15 is 0 Å². The molecular formula is C24H22N2O6. The number of pyridine rings is 1. The van der Waals surface area contributed by atoms with Crippen LogP contribution in [-0.4, -0.2) is 37.4 Å². The van der Waals surface area contributed by atoms with Crippen LogP contribution in [-0.2, 0) is 11.3 Å². The van der Waals surface area contributed by atoms with E-state index in [1.165, 1.54) is 0 Å². The number of carbonyl (C=O) groups is 1. The third-order valence-electron chi connectivity index (χ3n) is 4.92. The van der Waals surface area contributed by atoms with Crippen molar-refractivity contribution in [2.24, 2.45) is 0 Å². The van der Waals surface area contributed by atoms with Crippen molar-refractivity contribution in [3.8, 4) is 28.5 Å². The SMILES string of the molecule is COc1cc(-c2cc(C(=O)OCc3cc(C)no3)c3ccccc3n2)cc(OC)c1OC. The number of hydrogen-bond acceptors (Lipinski definition) is 8. The number of nitrogens with zero attached hydrogens (tertiary/aromatic N) is 2. The molecule has 0 saturated heterocycles. The average molecular weight is 434 g/mol. The van der Waals surface area contributed by atoms with Gasteiger partial charge in [-0.15, -0.1) is 0 Å². The molecule has 4 rings (SSSR count). The minimum Gasteiger partial charge on any atom is -0.493 e. The maximum Gasteiger partial charge on any atom is 0.339 e. The highest BCUT2D eigenvalue weighted by Gasteiger charge is 2.19. The molecule has 32 heavy (non-hydrogen) atoms. The molecular weight excluding hydrogens is 412 g/mol. The second-order valence-corrected chi connectivity index (χ2v) is 7.00. The number of carbonyl (C=O) groups excluding carboxylic acids is 1. The van der Waals surface area contributed by atoms with Crippen LogP contribution in [0.2, 0.25) is 0 Å². The number of aromatic nitrogens is 2. The summed E-state index contributed by atoms with van der Waals surface area (Å²) in [4.78, 5) is 17.7. The lowest BCUT2D eigenvalue weighted by Gasteiger charge is -2.15. The smallest absolute Gasteiger partial charge is 0.339 e. The van der Waals surface area contributed by atoms with Gasteiger partial charge in [0.2, 0.25) is 5.75 Å². The molecule has 2 aromatic carbocycles. The molecule has 2 heterocycles. The molecule has 0 amide bonds. The van der Waals surface area contributed by atoms with E-state index in [1.54, 1.807) is 52.5 Å². The molecule has 0 unspecified atom stereocenters. The number of methoxy groups -OCH3 is 3. The minimum atomic E-state index is -0.494. The number of rotatable bonds is 7. The fraction of sp³-hybridized carbons (Fsp3) is 0.208. The van der Waals surface area contributed by atoms with Crippen LogP contribution in [0.3, 0.4) is 0 Å². The average Bonchev–Trinajstić information content (AvgIpc) is 3.25. The molecule has 0 aliphatic carbocycles. The Morgan fingerprint density at radius 2 is 1.69 bits per heavy atom. The van der Waals surface area contributed by atoms with E-state index in [2.05, 4.69) is 5.16 Å². The third-order valence-corrected chi connectivity index (χ3v) is 4.92. The number of aryl methyl sites for hydroxylation is 1. The zero-order chi connectivity index (χ0) is 22.7. The highest BCUT2D eigenvalue weighted by Crippen LogP contribution is 2.41. The summed E-state index contributed by atoms with van der Waals surface area (Å²) in [5.41, 5.74) is 3.02. The van der Waals surface area contributed by atoms with E-state index in [4.69, 9.17) is 28.5 Å². The number of esters is 1. The van der Waals surface area contributed by atoms with Crippen LogP contribution < -0.4 is 14.2 Å². The molecule has 0 aliphatic rings. The zero-order valence-electron chi connectivity index (χ0n) is 18.2. The Hall–Kier alpha value is -4.07. The first-order valence-electron chi connectivity index (χ1n) is 9.83. The molecule has 0 atom stereocenters. The summed E-state index contributed by atoms with van der Waals surface area (Å²) in [5, 5.41) is 4.49. The Bertz CT molecular complexity index is 1260. The van der Waals surface area contributed by atoms with E-state index in [9.17, 15) is 4.79 Å². The van der Waals surface area contributed by atoms with Crippen molar-refractivity contribution in [3.63, 3.8) is 0 Å². The monoisotopic (exact) mass is 434 g/mol. The van der Waals surface area contributed by atoms with Gasteiger partial charge in [0.15, 0.2) is 23.9 Å². The van der Waals surface area contributed by atoms with E-state index < -0.39 is 5.97 Å². The van der Waals surface area contributed by atoms with E-state index in [0.717, 1.165) is 5.69 Å². The standard InChI is InChI=1S/C24H22N2O6/c1-14-9-16(32-26-14)13-31-24(27)18-12-20(25-19-8-6-5-7-17(18)19)15-10-21(28-2)23(30-4)22(11-15)29-3/h5-12H,13H2,1-4H3. The van der Waals surface area contributed by atoms with Gasteiger partial charge in [-0.2, -0.15) is 0 Å². The Balaban J connectivity index is 1.78. The van der Waals surface area contributed by atoms with Crippen molar-refractivity contribution < 1.29 is 28.3 Å². The Morgan fingerprint density at radius 1 is 0.969 bits per heavy atom. The van der Waals surface area contributed by atoms with Crippen LogP contribution in [0.4, 0.5) is 0 Å². The van der Waals surface area contributed by atoms with Crippen molar-refractivity contribution >= 4 is 16.9 Å². The fourth-order valence-corrected chi connectivity index (χ4v) is 3.42. The number of hydrogen-bond donors (Lipinski definition) is 0. The summed E-state index contributed by atoms with van der Waals surface area (Å²) in [6.07, 6.45) is 0. The first-order valence-corrected chi connectivity index (χ1v) is 9.83. The molecule has 0 bridgehead atoms. The van der Waals surface area contributed by atoms with Gasteiger partial charge in [-0.25, -0.2) is 9.78 Å². The number of fused-ring (bicyclic) bond motifs is 1. The predicted molar refractivity (Wildman–Crippen MR) is 117 cm³/mol. The summed E-state index contributed by atoms with van der Waals surface area (Å²) < 4.78 is 26.9. The van der Waals surface area contributed by atoms with Gasteiger partial charge in [-0.3, -0.25) is 0 Å². The molecule has 0 spiro atoms. The number of ether oxygens (including phenoxy) is 4. The second kappa shape index (κ2) is 8.97. The summed E-state index contributed by atoms with van der Waals surface area (Å²) >= 11 is 0. The molecule has 0 N–H and O–H groups in total. The Labute approximate surface area is 184 Å². The van der Waals surface area contributed by atoms with E-state index in [0.29, 0.717) is 50.7 Å². The van der Waals surface area contributed by atoms with Gasteiger partial charge in [0, 0.05) is 17.0 Å². The van der Waals surface area contributed by atoms with Crippen LogP contribution in [0.5, 0.6) is 17.2 Å². The largest absolute Gasteiger partial charge is 0.493 e. The van der Waals surface area contributed by atoms with Crippen LogP contribution in [0.15, 0.2) is 53.1 Å². The highest BCUT2D eigenvalue weighted by molar-refractivity contribution is 6.04. The summed E-state index contributed by atoms with van der Waals surface area (Å²) in [6, 6.07) is 14.4. The molecule has 8 nitrogen and oxygen atoms in total. The van der Waals surface area contributed by atoms with Gasteiger partial charge < -0.3 is 23.5 Å². The van der Waals surface area contributed by atoms with Crippen molar-refractivity contribution in [1.29, 1.82) is 0 Å². The van der Waals surface area contributed by atoms with Gasteiger partial charge in [-0.1, -0.05) is 23.4 Å². The van der Waals surface area contributed by atoms with Gasteiger partial charge >= 0.3 is 5.97 Å². The molecule has 0 saturated carbocycles. The number of para-hydroxylation sites is 1. The maximum atomic E-state index is 13.0. The molecule has 0 fully saturated rings. The summed E-state index contributed by atoms with van der Waals surface area (Å²) in [7, 11) is 4.63. The minimum absolute atomic E-state index is 0.0180. The van der Waals surface area contributed by atoms with Gasteiger partial charge in [0.25, 0.3) is 0 Å². The lowest BCUT2D eigenvalue weighted by atomic mass is 10.0. The normalized spacial score (nSPS) is 10.8. The molecule has 164 valence electrons. The van der Waals surface area contributed by atoms with Crippen LogP contribution in [0, 0.1) is 6.92 Å². The summed E-state index contributed by atoms with van der Waals surface area (Å²) in [5.74, 6) is 1.43. The van der Waals surface area contributed by atoms with Crippen molar-refractivity contribution in [3.05, 3.63) is 65.5 Å². The molecule has 4 aromatic rings. The third kappa shape index (κ3) is 4.07. The fourth-order valence-electron chi connectivity index (χ4n) is 3.42. The van der Waals surface area contributed by atoms with E-state index in [-0.39, 0.29) is 6.61 Å². The molecule has 8 heteroatoms. The lowest BCUT2D eigenvalue weighted by molar-refractivity contribution is 0.0439. The predicted octanol–water partition coefficient (Wildman–Crippen LogP) is 4.58. The highest BCUT2D eigenvalue weighted by atomic mass is 16.6. The summed E-state index contributed by atoms with van der Waals surface area (Å²) in [6.45, 7) is 1.78. The first-order chi connectivity index (χ1) is 15.5. The number of benzene rings is 2. The van der Waals surface area contributed by atoms with Crippen molar-refractivity contribution in [2.45, 2.75) is 13.5 Å². The topological polar surface area (TPSA) is 92.9 Å². The van der Waals surface area contributed by atoms with Crippen LogP contribution >= 0.6 is 0 Å². The van der Waals surface area contributed by atoms with Gasteiger partial charge in [0.05, 0.1) is 43.8 Å². The van der Waals surface area contributed by atoms with E-state index in [1.807, 2.05) is 24.3 Å². The molecule has 0 radical (unpaired) electrons. The van der Waals surface area contributed by atoms with Crippen molar-refractivity contribution in [2.75, 3.05) is 21.3 Å². The first kappa shape index (κ1) is 21.2. The van der Waals surface area contributed by atoms with Crippen LogP contribution in [0.1, 0.15) is 21.8 Å². The quantitative estimate of drug-likeness (QED) is 0.390. The lowest BCUT2D eigenvalue weighted by Crippen LogP contribution is -2.07. The molecule has 2 aromatic heterocycles. The second-order valence-electron chi connectivity index (χ2n) is 7.00. The Kier molecular flexibility index (Phi) is 5.93. The zero-order valence-corrected chi connectivity index (χ0v) is 18.2. The Morgan fingerprint density at radius 3 is 2.31 bits per heavy atom. The van der Waals surface area contributed by atoms with Gasteiger partial charge in [0.1, 0.15) is 0 Å². The molecule has 0 aliphatic heterocycles. The van der Waals surface area contributed by atoms with Crippen molar-refractivity contribution in [1.82, 2.24) is 10.1 Å². The van der Waals surface area contributed by atoms with Crippen LogP contribution in [0.25, 0.3) is 22.2 Å². The maximum absolute atomic E-state index is 13.0. The van der Waals surface area contributed by atoms with Gasteiger partial charge in [-0.05, 0) is 31.2 Å².